The maximum Gasteiger partial charge on any atom is 0.244 e. The second kappa shape index (κ2) is 5.09. The molecule has 0 heterocycles. The van der Waals surface area contributed by atoms with Crippen LogP contribution in [-0.2, 0) is 10.2 Å². The second-order valence-electron chi connectivity index (χ2n) is 4.93. The number of hydrazine groups is 1. The van der Waals surface area contributed by atoms with Gasteiger partial charge in [-0.25, -0.2) is 5.84 Å². The number of nitrogens with two attached hydrogens (primary N) is 1. The molecule has 1 amide bonds. The number of aryl methyl sites for hydroxylation is 1. The molecule has 2 rings (SSSR count). The molecule has 0 atom stereocenters. The Morgan fingerprint density at radius 2 is 1.84 bits per heavy atom. The zero-order valence-electron chi connectivity index (χ0n) is 11.6. The Labute approximate surface area is 113 Å². The van der Waals surface area contributed by atoms with E-state index in [1.54, 1.807) is 14.2 Å². The lowest BCUT2D eigenvalue weighted by atomic mass is 9.63. The van der Waals surface area contributed by atoms with Crippen LogP contribution < -0.4 is 20.7 Å². The average Bonchev–Trinajstić information content (AvgIpc) is 2.38. The molecule has 1 aromatic carbocycles. The summed E-state index contributed by atoms with van der Waals surface area (Å²) in [5, 5.41) is 0. The van der Waals surface area contributed by atoms with Crippen LogP contribution >= 0.6 is 0 Å². The van der Waals surface area contributed by atoms with Crippen LogP contribution in [0.1, 0.15) is 30.4 Å². The van der Waals surface area contributed by atoms with Crippen molar-refractivity contribution in [1.82, 2.24) is 5.43 Å². The SMILES string of the molecule is COc1cc(C)c(C2(C(=O)NN)CCC2)cc1OC. The number of ether oxygens (including phenoxy) is 2. The third-order valence-electron chi connectivity index (χ3n) is 4.02. The number of rotatable bonds is 4. The van der Waals surface area contributed by atoms with Gasteiger partial charge in [0.05, 0.1) is 19.6 Å². The number of carbonyl (C=O) groups is 1. The first-order chi connectivity index (χ1) is 9.08. The van der Waals surface area contributed by atoms with E-state index in [1.807, 2.05) is 19.1 Å². The van der Waals surface area contributed by atoms with Crippen LogP contribution in [0.25, 0.3) is 0 Å². The molecule has 0 aromatic heterocycles. The number of benzene rings is 1. The van der Waals surface area contributed by atoms with Gasteiger partial charge in [-0.1, -0.05) is 6.42 Å². The third-order valence-corrected chi connectivity index (χ3v) is 4.02. The van der Waals surface area contributed by atoms with Gasteiger partial charge < -0.3 is 9.47 Å². The van der Waals surface area contributed by atoms with Gasteiger partial charge in [0.25, 0.3) is 0 Å². The van der Waals surface area contributed by atoms with Gasteiger partial charge in [0.15, 0.2) is 11.5 Å². The van der Waals surface area contributed by atoms with Gasteiger partial charge in [0.1, 0.15) is 0 Å². The number of carbonyl (C=O) groups excluding carboxylic acids is 1. The highest BCUT2D eigenvalue weighted by molar-refractivity contribution is 5.89. The van der Waals surface area contributed by atoms with Crippen LogP contribution in [0.5, 0.6) is 11.5 Å². The van der Waals surface area contributed by atoms with Crippen molar-refractivity contribution in [1.29, 1.82) is 0 Å². The van der Waals surface area contributed by atoms with Crippen LogP contribution in [-0.4, -0.2) is 20.1 Å². The largest absolute Gasteiger partial charge is 0.493 e. The summed E-state index contributed by atoms with van der Waals surface area (Å²) >= 11 is 0. The molecule has 0 radical (unpaired) electrons. The molecule has 0 unspecified atom stereocenters. The zero-order valence-corrected chi connectivity index (χ0v) is 11.6. The minimum Gasteiger partial charge on any atom is -0.493 e. The Morgan fingerprint density at radius 3 is 2.26 bits per heavy atom. The third kappa shape index (κ3) is 2.04. The lowest BCUT2D eigenvalue weighted by Gasteiger charge is -2.41. The maximum atomic E-state index is 12.1. The zero-order chi connectivity index (χ0) is 14.0. The molecular formula is C14H20N2O3. The quantitative estimate of drug-likeness (QED) is 0.490. The van der Waals surface area contributed by atoms with Gasteiger partial charge in [-0.2, -0.15) is 0 Å². The lowest BCUT2D eigenvalue weighted by molar-refractivity contribution is -0.130. The van der Waals surface area contributed by atoms with E-state index in [0.717, 1.165) is 30.4 Å². The molecule has 1 aromatic rings. The molecule has 5 nitrogen and oxygen atoms in total. The minimum atomic E-state index is -0.515. The van der Waals surface area contributed by atoms with Crippen molar-refractivity contribution in [3.63, 3.8) is 0 Å². The first-order valence-electron chi connectivity index (χ1n) is 6.33. The topological polar surface area (TPSA) is 73.6 Å². The van der Waals surface area contributed by atoms with E-state index in [0.29, 0.717) is 11.5 Å². The number of amides is 1. The van der Waals surface area contributed by atoms with Gasteiger partial charge in [0, 0.05) is 0 Å². The van der Waals surface area contributed by atoms with Crippen molar-refractivity contribution in [3.8, 4) is 11.5 Å². The molecule has 1 fully saturated rings. The molecule has 3 N–H and O–H groups in total. The van der Waals surface area contributed by atoms with E-state index in [-0.39, 0.29) is 5.91 Å². The molecule has 0 saturated heterocycles. The molecule has 0 spiro atoms. The van der Waals surface area contributed by atoms with E-state index in [9.17, 15) is 4.79 Å². The van der Waals surface area contributed by atoms with E-state index in [2.05, 4.69) is 5.43 Å². The Morgan fingerprint density at radius 1 is 1.26 bits per heavy atom. The maximum absolute atomic E-state index is 12.1. The Bertz CT molecular complexity index is 496. The highest BCUT2D eigenvalue weighted by Crippen LogP contribution is 2.47. The van der Waals surface area contributed by atoms with Gasteiger partial charge >= 0.3 is 0 Å². The standard InChI is InChI=1S/C14H20N2O3/c1-9-7-11(18-2)12(19-3)8-10(9)14(5-4-6-14)13(17)16-15/h7-8H,4-6,15H2,1-3H3,(H,16,17). The average molecular weight is 264 g/mol. The van der Waals surface area contributed by atoms with E-state index >= 15 is 0 Å². The fourth-order valence-electron chi connectivity index (χ4n) is 2.78. The Hall–Kier alpha value is -1.75. The predicted molar refractivity (Wildman–Crippen MR) is 72.1 cm³/mol. The summed E-state index contributed by atoms with van der Waals surface area (Å²) in [5.41, 5.74) is 3.76. The summed E-state index contributed by atoms with van der Waals surface area (Å²) in [4.78, 5) is 12.1. The minimum absolute atomic E-state index is 0.130. The second-order valence-corrected chi connectivity index (χ2v) is 4.93. The van der Waals surface area contributed by atoms with Crippen LogP contribution in [0, 0.1) is 6.92 Å². The van der Waals surface area contributed by atoms with Crippen LogP contribution in [0.2, 0.25) is 0 Å². The van der Waals surface area contributed by atoms with Crippen molar-refractivity contribution >= 4 is 5.91 Å². The van der Waals surface area contributed by atoms with Crippen molar-refractivity contribution in [3.05, 3.63) is 23.3 Å². The molecule has 5 heteroatoms. The molecular weight excluding hydrogens is 244 g/mol. The van der Waals surface area contributed by atoms with Crippen LogP contribution in [0.3, 0.4) is 0 Å². The molecule has 1 aliphatic rings. The number of methoxy groups -OCH3 is 2. The highest BCUT2D eigenvalue weighted by atomic mass is 16.5. The van der Waals surface area contributed by atoms with Crippen molar-refractivity contribution in [2.24, 2.45) is 5.84 Å². The summed E-state index contributed by atoms with van der Waals surface area (Å²) < 4.78 is 10.6. The monoisotopic (exact) mass is 264 g/mol. The van der Waals surface area contributed by atoms with E-state index in [1.165, 1.54) is 0 Å². The molecule has 1 aliphatic carbocycles. The summed E-state index contributed by atoms with van der Waals surface area (Å²) in [6.07, 6.45) is 2.65. The molecule has 19 heavy (non-hydrogen) atoms. The molecule has 104 valence electrons. The fraction of sp³-hybridized carbons (Fsp3) is 0.500. The molecule has 0 aliphatic heterocycles. The van der Waals surface area contributed by atoms with Gasteiger partial charge in [-0.3, -0.25) is 10.2 Å². The fourth-order valence-corrected chi connectivity index (χ4v) is 2.78. The van der Waals surface area contributed by atoms with Gasteiger partial charge in [-0.15, -0.1) is 0 Å². The molecule has 0 bridgehead atoms. The number of hydrogen-bond acceptors (Lipinski definition) is 4. The lowest BCUT2D eigenvalue weighted by Crippen LogP contribution is -2.51. The predicted octanol–water partition coefficient (Wildman–Crippen LogP) is 1.42. The Balaban J connectivity index is 2.52. The van der Waals surface area contributed by atoms with E-state index < -0.39 is 5.41 Å². The van der Waals surface area contributed by atoms with Crippen molar-refractivity contribution in [2.45, 2.75) is 31.6 Å². The smallest absolute Gasteiger partial charge is 0.244 e. The van der Waals surface area contributed by atoms with Crippen LogP contribution in [0.4, 0.5) is 0 Å². The van der Waals surface area contributed by atoms with Crippen molar-refractivity contribution in [2.75, 3.05) is 14.2 Å². The van der Waals surface area contributed by atoms with Crippen LogP contribution in [0.15, 0.2) is 12.1 Å². The van der Waals surface area contributed by atoms with Gasteiger partial charge in [0.2, 0.25) is 5.91 Å². The van der Waals surface area contributed by atoms with E-state index in [4.69, 9.17) is 15.3 Å². The van der Waals surface area contributed by atoms with Crippen molar-refractivity contribution < 1.29 is 14.3 Å². The first kappa shape index (κ1) is 13.7. The summed E-state index contributed by atoms with van der Waals surface area (Å²) in [7, 11) is 3.19. The summed E-state index contributed by atoms with van der Waals surface area (Å²) in [6.45, 7) is 1.97. The Kier molecular flexibility index (Phi) is 3.66. The number of nitrogens with one attached hydrogen (secondary N) is 1. The molecule has 1 saturated carbocycles. The highest BCUT2D eigenvalue weighted by Gasteiger charge is 2.46. The summed E-state index contributed by atoms with van der Waals surface area (Å²) in [5.74, 6) is 6.51. The number of hydrogen-bond donors (Lipinski definition) is 2. The first-order valence-corrected chi connectivity index (χ1v) is 6.33. The normalized spacial score (nSPS) is 16.4. The summed E-state index contributed by atoms with van der Waals surface area (Å²) in [6, 6.07) is 3.79. The van der Waals surface area contributed by atoms with Gasteiger partial charge in [-0.05, 0) is 43.0 Å².